The fraction of sp³-hybridized carbons (Fsp3) is 0.368. The molecule has 1 N–H and O–H groups in total. The Morgan fingerprint density at radius 3 is 2.38 bits per heavy atom. The van der Waals surface area contributed by atoms with Crippen molar-refractivity contribution in [1.82, 2.24) is 4.72 Å². The molecule has 26 heavy (non-hydrogen) atoms. The molecule has 0 aromatic heterocycles. The van der Waals surface area contributed by atoms with Crippen LogP contribution in [0.15, 0.2) is 47.4 Å². The molecule has 1 saturated heterocycles. The summed E-state index contributed by atoms with van der Waals surface area (Å²) in [4.78, 5) is 2.63. The van der Waals surface area contributed by atoms with Crippen molar-refractivity contribution in [2.75, 3.05) is 25.1 Å². The summed E-state index contributed by atoms with van der Waals surface area (Å²) in [6, 6.07) is 13.0. The summed E-state index contributed by atoms with van der Waals surface area (Å²) in [6.07, 6.45) is 3.78. The van der Waals surface area contributed by atoms with E-state index in [9.17, 15) is 8.42 Å². The first-order chi connectivity index (χ1) is 12.5. The molecule has 2 aromatic rings. The van der Waals surface area contributed by atoms with Gasteiger partial charge in [0.25, 0.3) is 0 Å². The number of sulfonamides is 1. The number of halogens is 1. The van der Waals surface area contributed by atoms with Crippen molar-refractivity contribution in [2.24, 2.45) is 0 Å². The lowest BCUT2D eigenvalue weighted by Crippen LogP contribution is -2.29. The molecule has 3 rings (SSSR count). The van der Waals surface area contributed by atoms with Gasteiger partial charge >= 0.3 is 0 Å². The highest BCUT2D eigenvalue weighted by Crippen LogP contribution is 2.24. The van der Waals surface area contributed by atoms with Crippen LogP contribution in [0.1, 0.15) is 24.8 Å². The minimum absolute atomic E-state index is 0.243. The number of hydrogen-bond donors (Lipinski definition) is 1. The summed E-state index contributed by atoms with van der Waals surface area (Å²) in [5, 5.41) is 0. The molecule has 1 fully saturated rings. The van der Waals surface area contributed by atoms with E-state index in [0.717, 1.165) is 22.2 Å². The summed E-state index contributed by atoms with van der Waals surface area (Å²) in [7, 11) is -1.99. The fourth-order valence-corrected chi connectivity index (χ4v) is 5.04. The maximum absolute atomic E-state index is 12.5. The molecule has 0 bridgehead atoms. The monoisotopic (exact) mass is 486 g/mol. The van der Waals surface area contributed by atoms with Crippen molar-refractivity contribution in [2.45, 2.75) is 30.7 Å². The summed E-state index contributed by atoms with van der Waals surface area (Å²) in [6.45, 7) is 2.47. The van der Waals surface area contributed by atoms with E-state index in [1.165, 1.54) is 24.9 Å². The van der Waals surface area contributed by atoms with Gasteiger partial charge in [-0.1, -0.05) is 12.1 Å². The van der Waals surface area contributed by atoms with Crippen molar-refractivity contribution in [1.29, 1.82) is 0 Å². The summed E-state index contributed by atoms with van der Waals surface area (Å²) in [5.41, 5.74) is 2.15. The van der Waals surface area contributed by atoms with Crippen LogP contribution < -0.4 is 14.4 Å². The van der Waals surface area contributed by atoms with Crippen LogP contribution in [-0.4, -0.2) is 28.6 Å². The largest absolute Gasteiger partial charge is 0.496 e. The van der Waals surface area contributed by atoms with Gasteiger partial charge < -0.3 is 9.64 Å². The Bertz CT molecular complexity index is 848. The van der Waals surface area contributed by atoms with E-state index in [4.69, 9.17) is 4.74 Å². The number of anilines is 1. The molecule has 1 aliphatic rings. The zero-order chi connectivity index (χ0) is 18.6. The Morgan fingerprint density at radius 1 is 1.08 bits per heavy atom. The SMILES string of the molecule is COc1ccc(S(=O)(=O)NCc2ccc(N3CCCCC3)cc2)cc1I. The van der Waals surface area contributed by atoms with Crippen molar-refractivity contribution in [3.63, 3.8) is 0 Å². The van der Waals surface area contributed by atoms with Gasteiger partial charge in [0.15, 0.2) is 0 Å². The topological polar surface area (TPSA) is 58.6 Å². The predicted octanol–water partition coefficient (Wildman–Crippen LogP) is 3.77. The average Bonchev–Trinajstić information content (AvgIpc) is 2.67. The second-order valence-electron chi connectivity index (χ2n) is 6.34. The molecule has 5 nitrogen and oxygen atoms in total. The molecular formula is C19H23IN2O3S. The molecule has 2 aromatic carbocycles. The van der Waals surface area contributed by atoms with E-state index in [1.54, 1.807) is 25.3 Å². The zero-order valence-electron chi connectivity index (χ0n) is 14.7. The molecule has 0 radical (unpaired) electrons. The zero-order valence-corrected chi connectivity index (χ0v) is 17.7. The van der Waals surface area contributed by atoms with Gasteiger partial charge in [-0.15, -0.1) is 0 Å². The van der Waals surface area contributed by atoms with Gasteiger partial charge in [-0.05, 0) is 77.7 Å². The lowest BCUT2D eigenvalue weighted by molar-refractivity contribution is 0.411. The third kappa shape index (κ3) is 4.69. The van der Waals surface area contributed by atoms with Gasteiger partial charge in [-0.3, -0.25) is 0 Å². The Balaban J connectivity index is 1.65. The molecule has 0 saturated carbocycles. The molecule has 1 aliphatic heterocycles. The number of ether oxygens (including phenoxy) is 1. The van der Waals surface area contributed by atoms with Crippen molar-refractivity contribution in [3.8, 4) is 5.75 Å². The first-order valence-corrected chi connectivity index (χ1v) is 11.2. The van der Waals surface area contributed by atoms with Crippen LogP contribution >= 0.6 is 22.6 Å². The van der Waals surface area contributed by atoms with Crippen LogP contribution in [-0.2, 0) is 16.6 Å². The molecule has 0 spiro atoms. The Morgan fingerprint density at radius 2 is 1.77 bits per heavy atom. The van der Waals surface area contributed by atoms with Gasteiger partial charge in [0, 0.05) is 25.3 Å². The number of methoxy groups -OCH3 is 1. The molecule has 0 unspecified atom stereocenters. The van der Waals surface area contributed by atoms with E-state index in [1.807, 2.05) is 12.1 Å². The van der Waals surface area contributed by atoms with Crippen LogP contribution in [0.3, 0.4) is 0 Å². The molecule has 0 amide bonds. The normalized spacial score (nSPS) is 15.1. The second kappa shape index (κ2) is 8.58. The molecular weight excluding hydrogens is 463 g/mol. The van der Waals surface area contributed by atoms with E-state index >= 15 is 0 Å². The highest BCUT2D eigenvalue weighted by atomic mass is 127. The Kier molecular flexibility index (Phi) is 6.42. The highest BCUT2D eigenvalue weighted by molar-refractivity contribution is 14.1. The predicted molar refractivity (Wildman–Crippen MR) is 112 cm³/mol. The number of hydrogen-bond acceptors (Lipinski definition) is 4. The smallest absolute Gasteiger partial charge is 0.240 e. The summed E-state index contributed by atoms with van der Waals surface area (Å²) < 4.78 is 33.6. The molecule has 7 heteroatoms. The molecule has 1 heterocycles. The van der Waals surface area contributed by atoms with E-state index in [-0.39, 0.29) is 11.4 Å². The first kappa shape index (κ1) is 19.4. The molecule has 0 atom stereocenters. The maximum Gasteiger partial charge on any atom is 0.240 e. The van der Waals surface area contributed by atoms with E-state index in [0.29, 0.717) is 5.75 Å². The van der Waals surface area contributed by atoms with Crippen LogP contribution in [0, 0.1) is 3.57 Å². The Hall–Kier alpha value is -1.32. The second-order valence-corrected chi connectivity index (χ2v) is 9.26. The number of nitrogens with one attached hydrogen (secondary N) is 1. The third-order valence-electron chi connectivity index (χ3n) is 4.56. The molecule has 140 valence electrons. The van der Waals surface area contributed by atoms with Crippen LogP contribution in [0.4, 0.5) is 5.69 Å². The Labute approximate surface area is 168 Å². The van der Waals surface area contributed by atoms with Crippen molar-refractivity contribution < 1.29 is 13.2 Å². The van der Waals surface area contributed by atoms with Gasteiger partial charge in [0.05, 0.1) is 15.6 Å². The minimum atomic E-state index is -3.56. The number of piperidine rings is 1. The lowest BCUT2D eigenvalue weighted by atomic mass is 10.1. The minimum Gasteiger partial charge on any atom is -0.496 e. The van der Waals surface area contributed by atoms with Gasteiger partial charge in [-0.25, -0.2) is 13.1 Å². The lowest BCUT2D eigenvalue weighted by Gasteiger charge is -2.28. The van der Waals surface area contributed by atoms with Crippen LogP contribution in [0.25, 0.3) is 0 Å². The number of nitrogens with zero attached hydrogens (tertiary/aromatic N) is 1. The maximum atomic E-state index is 12.5. The van der Waals surface area contributed by atoms with E-state index in [2.05, 4.69) is 44.3 Å². The standard InChI is InChI=1S/C19H23IN2O3S/c1-25-19-10-9-17(13-18(19)20)26(23,24)21-14-15-5-7-16(8-6-15)22-11-3-2-4-12-22/h5-10,13,21H,2-4,11-12,14H2,1H3. The average molecular weight is 486 g/mol. The van der Waals surface area contributed by atoms with Gasteiger partial charge in [-0.2, -0.15) is 0 Å². The fourth-order valence-electron chi connectivity index (χ4n) is 3.05. The first-order valence-electron chi connectivity index (χ1n) is 8.67. The highest BCUT2D eigenvalue weighted by Gasteiger charge is 2.16. The number of rotatable bonds is 6. The summed E-state index contributed by atoms with van der Waals surface area (Å²) >= 11 is 2.07. The quantitative estimate of drug-likeness (QED) is 0.632. The molecule has 0 aliphatic carbocycles. The van der Waals surface area contributed by atoms with Gasteiger partial charge in [0.1, 0.15) is 5.75 Å². The van der Waals surface area contributed by atoms with Crippen LogP contribution in [0.2, 0.25) is 0 Å². The van der Waals surface area contributed by atoms with E-state index < -0.39 is 10.0 Å². The van der Waals surface area contributed by atoms with Crippen molar-refractivity contribution in [3.05, 3.63) is 51.6 Å². The van der Waals surface area contributed by atoms with Crippen molar-refractivity contribution >= 4 is 38.3 Å². The summed E-state index contributed by atoms with van der Waals surface area (Å²) in [5.74, 6) is 0.665. The number of benzene rings is 2. The third-order valence-corrected chi connectivity index (χ3v) is 6.80. The van der Waals surface area contributed by atoms with Gasteiger partial charge in [0.2, 0.25) is 10.0 Å². The van der Waals surface area contributed by atoms with Crippen LogP contribution in [0.5, 0.6) is 5.75 Å².